The highest BCUT2D eigenvalue weighted by molar-refractivity contribution is 7.07. The summed E-state index contributed by atoms with van der Waals surface area (Å²) in [5.41, 5.74) is 7.25. The van der Waals surface area contributed by atoms with Crippen molar-refractivity contribution in [1.29, 1.82) is 0 Å². The maximum Gasteiger partial charge on any atom is 0.330 e. The molecule has 0 aromatic carbocycles. The quantitative estimate of drug-likeness (QED) is 0.535. The number of thiazole rings is 1. The summed E-state index contributed by atoms with van der Waals surface area (Å²) in [6, 6.07) is 4.08. The maximum atomic E-state index is 12.9. The molecular weight excluding hydrogens is 472 g/mol. The second kappa shape index (κ2) is 9.35. The number of nitrogens with zero attached hydrogens (tertiary/aromatic N) is 6. The summed E-state index contributed by atoms with van der Waals surface area (Å²) < 4.78 is 3.49. The van der Waals surface area contributed by atoms with Gasteiger partial charge in [0.2, 0.25) is 0 Å². The van der Waals surface area contributed by atoms with E-state index >= 15 is 0 Å². The molecule has 0 saturated carbocycles. The molecule has 3 aromatic rings. The van der Waals surface area contributed by atoms with Gasteiger partial charge in [0.1, 0.15) is 5.69 Å². The average molecular weight is 507 g/mol. The monoisotopic (exact) mass is 506 g/mol. The van der Waals surface area contributed by atoms with Gasteiger partial charge in [-0.25, -0.2) is 14.8 Å². The summed E-state index contributed by atoms with van der Waals surface area (Å²) >= 11 is 1.45. The van der Waals surface area contributed by atoms with Gasteiger partial charge in [0.15, 0.2) is 5.65 Å². The molecule has 0 spiro atoms. The molecule has 1 unspecified atom stereocenters. The topological polar surface area (TPSA) is 76.3 Å². The van der Waals surface area contributed by atoms with Crippen molar-refractivity contribution in [3.8, 4) is 0 Å². The van der Waals surface area contributed by atoms with E-state index in [1.165, 1.54) is 22.6 Å². The molecule has 2 aliphatic rings. The fourth-order valence-corrected chi connectivity index (χ4v) is 5.71. The fraction of sp³-hybridized carbons (Fsp3) is 0.481. The Labute approximate surface area is 215 Å². The molecule has 5 rings (SSSR count). The molecule has 1 aliphatic carbocycles. The van der Waals surface area contributed by atoms with Crippen LogP contribution in [0.2, 0.25) is 0 Å². The molecule has 0 bridgehead atoms. The number of fused-ring (bicyclic) bond motifs is 1. The van der Waals surface area contributed by atoms with Crippen LogP contribution in [0.15, 0.2) is 45.7 Å². The first-order valence-corrected chi connectivity index (χ1v) is 13.5. The number of hydrogen-bond donors (Lipinski definition) is 0. The van der Waals surface area contributed by atoms with Crippen LogP contribution in [0.1, 0.15) is 50.3 Å². The number of aromatic nitrogens is 4. The third-order valence-corrected chi connectivity index (χ3v) is 7.60. The Hall–Kier alpha value is -3.20. The Balaban J connectivity index is 1.34. The Morgan fingerprint density at radius 2 is 1.89 bits per heavy atom. The number of piperazine rings is 1. The highest BCUT2D eigenvalue weighted by atomic mass is 32.1. The van der Waals surface area contributed by atoms with Crippen LogP contribution in [0.5, 0.6) is 0 Å². The minimum absolute atomic E-state index is 0.00112. The third kappa shape index (κ3) is 4.64. The van der Waals surface area contributed by atoms with Gasteiger partial charge in [-0.1, -0.05) is 33.8 Å². The van der Waals surface area contributed by atoms with E-state index in [0.717, 1.165) is 36.4 Å². The summed E-state index contributed by atoms with van der Waals surface area (Å²) in [5.74, 6) is 0.369. The number of aryl methyl sites for hydroxylation is 1. The van der Waals surface area contributed by atoms with Crippen LogP contribution < -0.4 is 5.69 Å². The minimum atomic E-state index is -0.0230. The maximum absolute atomic E-state index is 12.9. The number of allylic oxidation sites excluding steroid dienone is 4. The molecule has 8 nitrogen and oxygen atoms in total. The smallest absolute Gasteiger partial charge is 0.330 e. The van der Waals surface area contributed by atoms with Gasteiger partial charge in [0.25, 0.3) is 5.91 Å². The number of imidazole rings is 1. The van der Waals surface area contributed by atoms with Crippen LogP contribution in [0.3, 0.4) is 0 Å². The molecule has 1 fully saturated rings. The number of carbonyl (C=O) groups is 1. The first kappa shape index (κ1) is 24.5. The van der Waals surface area contributed by atoms with Gasteiger partial charge in [-0.15, -0.1) is 11.3 Å². The summed E-state index contributed by atoms with van der Waals surface area (Å²) in [7, 11) is 1.80. The summed E-state index contributed by atoms with van der Waals surface area (Å²) in [6.07, 6.45) is 5.26. The van der Waals surface area contributed by atoms with E-state index in [0.29, 0.717) is 31.2 Å². The Morgan fingerprint density at radius 3 is 2.53 bits per heavy atom. The van der Waals surface area contributed by atoms with Crippen molar-refractivity contribution in [3.05, 3.63) is 62.7 Å². The van der Waals surface area contributed by atoms with Gasteiger partial charge in [0, 0.05) is 56.8 Å². The van der Waals surface area contributed by atoms with E-state index in [1.807, 2.05) is 27.0 Å². The van der Waals surface area contributed by atoms with Gasteiger partial charge in [-0.05, 0) is 35.6 Å². The summed E-state index contributed by atoms with van der Waals surface area (Å²) in [5, 5.41) is 1.82. The number of hydrogen-bond acceptors (Lipinski definition) is 6. The average Bonchev–Trinajstić information content (AvgIpc) is 3.47. The second-order valence-electron chi connectivity index (χ2n) is 11.1. The highest BCUT2D eigenvalue weighted by Gasteiger charge is 2.28. The molecule has 9 heteroatoms. The van der Waals surface area contributed by atoms with E-state index < -0.39 is 0 Å². The molecule has 190 valence electrons. The number of amides is 1. The molecule has 0 radical (unpaired) electrons. The zero-order valence-corrected chi connectivity index (χ0v) is 22.5. The van der Waals surface area contributed by atoms with Crippen LogP contribution in [0.25, 0.3) is 16.7 Å². The van der Waals surface area contributed by atoms with Crippen LogP contribution in [0.4, 0.5) is 0 Å². The highest BCUT2D eigenvalue weighted by Crippen LogP contribution is 2.33. The minimum Gasteiger partial charge on any atom is -0.371 e. The van der Waals surface area contributed by atoms with Gasteiger partial charge in [-0.3, -0.25) is 13.9 Å². The molecule has 0 N–H and O–H groups in total. The van der Waals surface area contributed by atoms with Crippen LogP contribution in [0, 0.1) is 11.3 Å². The zero-order chi connectivity index (χ0) is 25.6. The molecule has 1 saturated heterocycles. The van der Waals surface area contributed by atoms with Gasteiger partial charge < -0.3 is 9.80 Å². The lowest BCUT2D eigenvalue weighted by Crippen LogP contribution is -2.49. The van der Waals surface area contributed by atoms with Crippen molar-refractivity contribution < 1.29 is 4.79 Å². The summed E-state index contributed by atoms with van der Waals surface area (Å²) in [6.45, 7) is 12.4. The second-order valence-corrected chi connectivity index (χ2v) is 11.8. The van der Waals surface area contributed by atoms with E-state index in [9.17, 15) is 9.59 Å². The standard InChI is InChI=1S/C27H34N6O2S/c1-18-14-19(20-7-9-23-24(29-20)30(5)26(35)33(23)16-27(2,3)4)6-8-22(18)31-10-12-32(13-11-31)25(34)21-15-36-17-28-21/h6-9,15,17-18H,10-14,16H2,1-5H3. The fourth-order valence-electron chi connectivity index (χ4n) is 5.19. The molecule has 3 aromatic heterocycles. The zero-order valence-electron chi connectivity index (χ0n) is 21.7. The number of carbonyl (C=O) groups excluding carboxylic acids is 1. The van der Waals surface area contributed by atoms with Gasteiger partial charge >= 0.3 is 5.69 Å². The molecule has 1 aliphatic heterocycles. The summed E-state index contributed by atoms with van der Waals surface area (Å²) in [4.78, 5) is 38.9. The van der Waals surface area contributed by atoms with Crippen molar-refractivity contribution in [3.63, 3.8) is 0 Å². The molecule has 4 heterocycles. The number of rotatable bonds is 4. The van der Waals surface area contributed by atoms with E-state index in [4.69, 9.17) is 4.98 Å². The predicted octanol–water partition coefficient (Wildman–Crippen LogP) is 4.00. The lowest BCUT2D eigenvalue weighted by molar-refractivity contribution is 0.0656. The first-order valence-electron chi connectivity index (χ1n) is 12.5. The lowest BCUT2D eigenvalue weighted by Gasteiger charge is -2.39. The van der Waals surface area contributed by atoms with Crippen molar-refractivity contribution in [1.82, 2.24) is 28.9 Å². The SMILES string of the molecule is CC1CC(c2ccc3c(n2)n(C)c(=O)n3CC(C)(C)C)=CC=C1N1CCN(C(=O)c2cscn2)CC1. The van der Waals surface area contributed by atoms with Crippen LogP contribution >= 0.6 is 11.3 Å². The number of pyridine rings is 1. The first-order chi connectivity index (χ1) is 17.1. The van der Waals surface area contributed by atoms with Crippen LogP contribution in [-0.4, -0.2) is 61.0 Å². The van der Waals surface area contributed by atoms with Crippen molar-refractivity contribution in [2.75, 3.05) is 26.2 Å². The third-order valence-electron chi connectivity index (χ3n) is 7.01. The largest absolute Gasteiger partial charge is 0.371 e. The lowest BCUT2D eigenvalue weighted by atomic mass is 9.89. The Morgan fingerprint density at radius 1 is 1.14 bits per heavy atom. The predicted molar refractivity (Wildman–Crippen MR) is 144 cm³/mol. The van der Waals surface area contributed by atoms with E-state index in [-0.39, 0.29) is 17.0 Å². The van der Waals surface area contributed by atoms with E-state index in [2.05, 4.69) is 49.7 Å². The van der Waals surface area contributed by atoms with Gasteiger partial charge in [-0.2, -0.15) is 0 Å². The van der Waals surface area contributed by atoms with Crippen molar-refractivity contribution in [2.24, 2.45) is 18.4 Å². The van der Waals surface area contributed by atoms with E-state index in [1.54, 1.807) is 17.1 Å². The van der Waals surface area contributed by atoms with Crippen LogP contribution in [-0.2, 0) is 13.6 Å². The molecule has 36 heavy (non-hydrogen) atoms. The van der Waals surface area contributed by atoms with Crippen molar-refractivity contribution in [2.45, 2.75) is 40.7 Å². The molecular formula is C27H34N6O2S. The van der Waals surface area contributed by atoms with Crippen molar-refractivity contribution >= 4 is 34.0 Å². The molecule has 1 atom stereocenters. The molecule has 1 amide bonds. The Bertz CT molecular complexity index is 1400. The Kier molecular flexibility index (Phi) is 6.36. The normalized spacial score (nSPS) is 19.0. The van der Waals surface area contributed by atoms with Gasteiger partial charge in [0.05, 0.1) is 16.7 Å².